The Morgan fingerprint density at radius 1 is 1.05 bits per heavy atom. The molecule has 1 heterocycles. The second-order valence-electron chi connectivity index (χ2n) is 6.11. The summed E-state index contributed by atoms with van der Waals surface area (Å²) in [4.78, 5) is 2.49. The van der Waals surface area contributed by atoms with Gasteiger partial charge < -0.3 is 10.2 Å². The van der Waals surface area contributed by atoms with E-state index in [1.165, 1.54) is 50.0 Å². The molecule has 0 aliphatic carbocycles. The van der Waals surface area contributed by atoms with E-state index in [4.69, 9.17) is 0 Å². The molecule has 1 atom stereocenters. The lowest BCUT2D eigenvalue weighted by Crippen LogP contribution is -2.32. The van der Waals surface area contributed by atoms with Gasteiger partial charge in [-0.3, -0.25) is 0 Å². The Balaban J connectivity index is 1.84. The Morgan fingerprint density at radius 2 is 1.65 bits per heavy atom. The summed E-state index contributed by atoms with van der Waals surface area (Å²) in [7, 11) is 0. The molecule has 1 aromatic rings. The third-order valence-electron chi connectivity index (χ3n) is 4.79. The lowest BCUT2D eigenvalue weighted by molar-refractivity contribution is 0.353. The van der Waals surface area contributed by atoms with E-state index in [-0.39, 0.29) is 0 Å². The lowest BCUT2D eigenvalue weighted by Gasteiger charge is -2.23. The topological polar surface area (TPSA) is 15.3 Å². The van der Waals surface area contributed by atoms with Gasteiger partial charge in [0.15, 0.2) is 0 Å². The molecule has 0 amide bonds. The number of rotatable bonds is 7. The molecule has 0 aromatic heterocycles. The van der Waals surface area contributed by atoms with Gasteiger partial charge in [-0.05, 0) is 43.4 Å². The van der Waals surface area contributed by atoms with Crippen molar-refractivity contribution in [1.29, 1.82) is 0 Å². The highest BCUT2D eigenvalue weighted by atomic mass is 15.1. The van der Waals surface area contributed by atoms with Crippen molar-refractivity contribution in [2.75, 3.05) is 18.0 Å². The van der Waals surface area contributed by atoms with E-state index in [2.05, 4.69) is 55.3 Å². The molecule has 112 valence electrons. The fraction of sp³-hybridized carbons (Fsp3) is 0.667. The van der Waals surface area contributed by atoms with E-state index in [0.717, 1.165) is 12.5 Å². The van der Waals surface area contributed by atoms with Crippen molar-refractivity contribution in [3.05, 3.63) is 29.8 Å². The van der Waals surface area contributed by atoms with Crippen molar-refractivity contribution < 1.29 is 0 Å². The quantitative estimate of drug-likeness (QED) is 0.801. The van der Waals surface area contributed by atoms with Gasteiger partial charge in [-0.25, -0.2) is 0 Å². The van der Waals surface area contributed by atoms with Gasteiger partial charge >= 0.3 is 0 Å². The van der Waals surface area contributed by atoms with E-state index in [9.17, 15) is 0 Å². The van der Waals surface area contributed by atoms with E-state index < -0.39 is 0 Å². The third-order valence-corrected chi connectivity index (χ3v) is 4.79. The molecular formula is C18H30N2. The summed E-state index contributed by atoms with van der Waals surface area (Å²) in [5.74, 6) is 0.791. The van der Waals surface area contributed by atoms with Crippen LogP contribution in [0.5, 0.6) is 0 Å². The number of hydrogen-bond donors (Lipinski definition) is 1. The standard InChI is InChI=1S/C18H30N2/c1-4-17(5-2)15(3)19-14-16-8-10-18(11-9-16)20-12-6-7-13-20/h8-11,15,17,19H,4-7,12-14H2,1-3H3. The molecule has 0 spiro atoms. The SMILES string of the molecule is CCC(CC)C(C)NCc1ccc(N2CCCC2)cc1. The van der Waals surface area contributed by atoms with Crippen LogP contribution < -0.4 is 10.2 Å². The number of nitrogens with one attached hydrogen (secondary N) is 1. The molecule has 1 fully saturated rings. The summed E-state index contributed by atoms with van der Waals surface area (Å²) in [6, 6.07) is 9.72. The highest BCUT2D eigenvalue weighted by molar-refractivity contribution is 5.48. The van der Waals surface area contributed by atoms with E-state index in [0.29, 0.717) is 6.04 Å². The molecule has 0 radical (unpaired) electrons. The maximum absolute atomic E-state index is 3.68. The average Bonchev–Trinajstić information content (AvgIpc) is 3.01. The molecule has 2 nitrogen and oxygen atoms in total. The summed E-state index contributed by atoms with van der Waals surface area (Å²) in [6.07, 6.45) is 5.21. The molecule has 1 aromatic carbocycles. The zero-order chi connectivity index (χ0) is 14.4. The summed E-state index contributed by atoms with van der Waals surface area (Å²) in [6.45, 7) is 10.3. The highest BCUT2D eigenvalue weighted by Crippen LogP contribution is 2.20. The minimum Gasteiger partial charge on any atom is -0.372 e. The maximum Gasteiger partial charge on any atom is 0.0366 e. The molecule has 2 heteroatoms. The zero-order valence-electron chi connectivity index (χ0n) is 13.4. The molecule has 0 bridgehead atoms. The Kier molecular flexibility index (Phi) is 5.90. The molecule has 0 saturated carbocycles. The first kappa shape index (κ1) is 15.4. The summed E-state index contributed by atoms with van der Waals surface area (Å²) in [5, 5.41) is 3.68. The fourth-order valence-electron chi connectivity index (χ4n) is 3.24. The second kappa shape index (κ2) is 7.68. The Hall–Kier alpha value is -1.02. The molecule has 1 unspecified atom stereocenters. The van der Waals surface area contributed by atoms with Crippen LogP contribution in [0, 0.1) is 5.92 Å². The number of anilines is 1. The number of hydrogen-bond acceptors (Lipinski definition) is 2. The monoisotopic (exact) mass is 274 g/mol. The fourth-order valence-corrected chi connectivity index (χ4v) is 3.24. The summed E-state index contributed by atoms with van der Waals surface area (Å²) >= 11 is 0. The van der Waals surface area contributed by atoms with Crippen LogP contribution in [0.25, 0.3) is 0 Å². The summed E-state index contributed by atoms with van der Waals surface area (Å²) < 4.78 is 0. The molecule has 1 aliphatic heterocycles. The van der Waals surface area contributed by atoms with Gasteiger partial charge in [0.25, 0.3) is 0 Å². The zero-order valence-corrected chi connectivity index (χ0v) is 13.4. The van der Waals surface area contributed by atoms with Crippen molar-refractivity contribution in [2.45, 2.75) is 59.0 Å². The van der Waals surface area contributed by atoms with Crippen LogP contribution in [-0.4, -0.2) is 19.1 Å². The smallest absolute Gasteiger partial charge is 0.0366 e. The van der Waals surface area contributed by atoms with Crippen LogP contribution in [0.1, 0.15) is 52.0 Å². The van der Waals surface area contributed by atoms with Gasteiger partial charge in [0.1, 0.15) is 0 Å². The molecule has 1 N–H and O–H groups in total. The van der Waals surface area contributed by atoms with Crippen LogP contribution in [-0.2, 0) is 6.54 Å². The van der Waals surface area contributed by atoms with Crippen molar-refractivity contribution in [2.24, 2.45) is 5.92 Å². The molecule has 2 rings (SSSR count). The molecule has 1 aliphatic rings. The molecule has 1 saturated heterocycles. The molecular weight excluding hydrogens is 244 g/mol. The first-order valence-corrected chi connectivity index (χ1v) is 8.31. The predicted octanol–water partition coefficient (Wildman–Crippen LogP) is 4.20. The second-order valence-corrected chi connectivity index (χ2v) is 6.11. The van der Waals surface area contributed by atoms with Crippen molar-refractivity contribution in [3.8, 4) is 0 Å². The maximum atomic E-state index is 3.68. The largest absolute Gasteiger partial charge is 0.372 e. The van der Waals surface area contributed by atoms with Crippen LogP contribution >= 0.6 is 0 Å². The van der Waals surface area contributed by atoms with Gasteiger partial charge in [0.2, 0.25) is 0 Å². The Morgan fingerprint density at radius 3 is 2.20 bits per heavy atom. The van der Waals surface area contributed by atoms with E-state index >= 15 is 0 Å². The minimum atomic E-state index is 0.600. The van der Waals surface area contributed by atoms with E-state index in [1.54, 1.807) is 0 Å². The molecule has 20 heavy (non-hydrogen) atoms. The minimum absolute atomic E-state index is 0.600. The van der Waals surface area contributed by atoms with Crippen molar-refractivity contribution in [1.82, 2.24) is 5.32 Å². The van der Waals surface area contributed by atoms with Gasteiger partial charge in [0.05, 0.1) is 0 Å². The first-order chi connectivity index (χ1) is 9.74. The summed E-state index contributed by atoms with van der Waals surface area (Å²) in [5.41, 5.74) is 2.78. The van der Waals surface area contributed by atoms with Crippen molar-refractivity contribution in [3.63, 3.8) is 0 Å². The van der Waals surface area contributed by atoms with Crippen LogP contribution in [0.3, 0.4) is 0 Å². The van der Waals surface area contributed by atoms with Crippen LogP contribution in [0.4, 0.5) is 5.69 Å². The van der Waals surface area contributed by atoms with Gasteiger partial charge in [-0.1, -0.05) is 38.8 Å². The normalized spacial score (nSPS) is 16.9. The average molecular weight is 274 g/mol. The Labute approximate surface area is 124 Å². The number of nitrogens with zero attached hydrogens (tertiary/aromatic N) is 1. The predicted molar refractivity (Wildman–Crippen MR) is 88.3 cm³/mol. The Bertz CT molecular complexity index is 375. The van der Waals surface area contributed by atoms with Crippen LogP contribution in [0.15, 0.2) is 24.3 Å². The van der Waals surface area contributed by atoms with Crippen molar-refractivity contribution >= 4 is 5.69 Å². The van der Waals surface area contributed by atoms with Gasteiger partial charge in [-0.2, -0.15) is 0 Å². The lowest BCUT2D eigenvalue weighted by atomic mass is 9.95. The van der Waals surface area contributed by atoms with Crippen LogP contribution in [0.2, 0.25) is 0 Å². The van der Waals surface area contributed by atoms with Gasteiger partial charge in [-0.15, -0.1) is 0 Å². The van der Waals surface area contributed by atoms with Gasteiger partial charge in [0, 0.05) is 31.4 Å². The number of benzene rings is 1. The highest BCUT2D eigenvalue weighted by Gasteiger charge is 2.13. The third kappa shape index (κ3) is 3.99. The van der Waals surface area contributed by atoms with E-state index in [1.807, 2.05) is 0 Å². The first-order valence-electron chi connectivity index (χ1n) is 8.31.